The van der Waals surface area contributed by atoms with E-state index in [2.05, 4.69) is 15.7 Å². The first-order valence-corrected chi connectivity index (χ1v) is 6.55. The number of nitrogens with zero attached hydrogens (tertiary/aromatic N) is 1. The highest BCUT2D eigenvalue weighted by Gasteiger charge is 2.09. The van der Waals surface area contributed by atoms with E-state index in [4.69, 9.17) is 22.2 Å². The molecule has 21 heavy (non-hydrogen) atoms. The van der Waals surface area contributed by atoms with Gasteiger partial charge in [-0.2, -0.15) is 0 Å². The quantitative estimate of drug-likeness (QED) is 0.580. The predicted octanol–water partition coefficient (Wildman–Crippen LogP) is 1.96. The van der Waals surface area contributed by atoms with Gasteiger partial charge in [0.05, 0.1) is 17.7 Å². The number of carbonyl (C=O) groups excluding carboxylic acids is 1. The van der Waals surface area contributed by atoms with Gasteiger partial charge in [0, 0.05) is 12.7 Å². The minimum atomic E-state index is -0.260. The van der Waals surface area contributed by atoms with Crippen LogP contribution < -0.4 is 21.3 Å². The zero-order valence-electron chi connectivity index (χ0n) is 11.4. The van der Waals surface area contributed by atoms with Crippen molar-refractivity contribution in [2.75, 3.05) is 12.5 Å². The molecule has 1 heterocycles. The van der Waals surface area contributed by atoms with Crippen LogP contribution in [0, 0.1) is 0 Å². The van der Waals surface area contributed by atoms with Gasteiger partial charge in [-0.3, -0.25) is 4.79 Å². The molecule has 1 aromatic carbocycles. The van der Waals surface area contributed by atoms with Gasteiger partial charge < -0.3 is 15.5 Å². The van der Waals surface area contributed by atoms with Crippen LogP contribution in [0.1, 0.15) is 15.9 Å². The molecule has 7 heteroatoms. The van der Waals surface area contributed by atoms with E-state index in [-0.39, 0.29) is 10.9 Å². The summed E-state index contributed by atoms with van der Waals surface area (Å²) in [7, 11) is 1.60. The largest absolute Gasteiger partial charge is 0.497 e. The monoisotopic (exact) mass is 306 g/mol. The number of carbonyl (C=O) groups is 1. The molecule has 0 aliphatic carbocycles. The number of rotatable bonds is 5. The maximum atomic E-state index is 12.0. The summed E-state index contributed by atoms with van der Waals surface area (Å²) in [5.74, 6) is 6.06. The van der Waals surface area contributed by atoms with Crippen LogP contribution in [-0.4, -0.2) is 18.0 Å². The molecule has 0 radical (unpaired) electrons. The topological polar surface area (TPSA) is 89.3 Å². The van der Waals surface area contributed by atoms with Crippen LogP contribution in [0.25, 0.3) is 0 Å². The Labute approximate surface area is 127 Å². The molecule has 1 amide bonds. The van der Waals surface area contributed by atoms with Gasteiger partial charge >= 0.3 is 0 Å². The lowest BCUT2D eigenvalue weighted by atomic mass is 10.2. The highest BCUT2D eigenvalue weighted by molar-refractivity contribution is 6.33. The fourth-order valence-corrected chi connectivity index (χ4v) is 1.92. The van der Waals surface area contributed by atoms with Gasteiger partial charge in [-0.1, -0.05) is 23.7 Å². The Bertz CT molecular complexity index is 631. The summed E-state index contributed by atoms with van der Waals surface area (Å²) in [6.45, 7) is 0.400. The van der Waals surface area contributed by atoms with Crippen molar-refractivity contribution in [2.45, 2.75) is 6.54 Å². The maximum absolute atomic E-state index is 12.0. The third kappa shape index (κ3) is 3.84. The molecule has 0 unspecified atom stereocenters. The van der Waals surface area contributed by atoms with Crippen LogP contribution in [0.2, 0.25) is 5.02 Å². The Balaban J connectivity index is 1.99. The molecule has 0 bridgehead atoms. The standard InChI is InChI=1S/C14H15ClN4O2/c1-21-11-4-2-9(3-5-11)7-18-14(20)10-6-12(15)13(19-16)17-8-10/h2-6,8H,7,16H2,1H3,(H,17,19)(H,18,20). The summed E-state index contributed by atoms with van der Waals surface area (Å²) in [6.07, 6.45) is 1.41. The average Bonchev–Trinajstić information content (AvgIpc) is 2.53. The van der Waals surface area contributed by atoms with Gasteiger partial charge in [0.1, 0.15) is 5.75 Å². The number of methoxy groups -OCH3 is 1. The molecular formula is C14H15ClN4O2. The highest BCUT2D eigenvalue weighted by Crippen LogP contribution is 2.19. The molecule has 6 nitrogen and oxygen atoms in total. The van der Waals surface area contributed by atoms with E-state index >= 15 is 0 Å². The minimum Gasteiger partial charge on any atom is -0.497 e. The van der Waals surface area contributed by atoms with Gasteiger partial charge in [0.25, 0.3) is 5.91 Å². The summed E-state index contributed by atoms with van der Waals surface area (Å²) < 4.78 is 5.07. The van der Waals surface area contributed by atoms with E-state index in [0.717, 1.165) is 11.3 Å². The molecule has 2 aromatic rings. The van der Waals surface area contributed by atoms with Gasteiger partial charge in [0.2, 0.25) is 0 Å². The number of nitrogen functional groups attached to an aromatic ring is 1. The molecule has 0 saturated heterocycles. The number of benzene rings is 1. The molecule has 0 saturated carbocycles. The first-order valence-electron chi connectivity index (χ1n) is 6.17. The summed E-state index contributed by atoms with van der Waals surface area (Å²) in [5, 5.41) is 3.07. The maximum Gasteiger partial charge on any atom is 0.253 e. The van der Waals surface area contributed by atoms with Crippen molar-refractivity contribution < 1.29 is 9.53 Å². The number of hydrogen-bond acceptors (Lipinski definition) is 5. The molecule has 0 atom stereocenters. The number of halogens is 1. The second-order valence-electron chi connectivity index (χ2n) is 4.23. The molecule has 0 aliphatic heterocycles. The van der Waals surface area contributed by atoms with E-state index in [1.54, 1.807) is 7.11 Å². The lowest BCUT2D eigenvalue weighted by Gasteiger charge is -2.08. The molecule has 0 spiro atoms. The van der Waals surface area contributed by atoms with Crippen LogP contribution in [0.5, 0.6) is 5.75 Å². The van der Waals surface area contributed by atoms with Crippen molar-refractivity contribution in [3.8, 4) is 5.75 Å². The second-order valence-corrected chi connectivity index (χ2v) is 4.64. The fourth-order valence-electron chi connectivity index (χ4n) is 1.70. The molecule has 2 rings (SSSR count). The van der Waals surface area contributed by atoms with Crippen molar-refractivity contribution in [3.63, 3.8) is 0 Å². The fraction of sp³-hybridized carbons (Fsp3) is 0.143. The zero-order valence-corrected chi connectivity index (χ0v) is 12.1. The normalized spacial score (nSPS) is 10.0. The Morgan fingerprint density at radius 1 is 1.38 bits per heavy atom. The summed E-state index contributed by atoms with van der Waals surface area (Å²) >= 11 is 5.93. The molecule has 0 fully saturated rings. The summed E-state index contributed by atoms with van der Waals surface area (Å²) in [4.78, 5) is 16.0. The second kappa shape index (κ2) is 6.92. The third-order valence-electron chi connectivity index (χ3n) is 2.85. The van der Waals surface area contributed by atoms with Crippen molar-refractivity contribution >= 4 is 23.3 Å². The number of ether oxygens (including phenoxy) is 1. The predicted molar refractivity (Wildman–Crippen MR) is 81.2 cm³/mol. The van der Waals surface area contributed by atoms with E-state index in [0.29, 0.717) is 17.9 Å². The van der Waals surface area contributed by atoms with Crippen LogP contribution in [0.3, 0.4) is 0 Å². The van der Waals surface area contributed by atoms with Gasteiger partial charge in [-0.15, -0.1) is 0 Å². The van der Waals surface area contributed by atoms with E-state index in [9.17, 15) is 4.79 Å². The van der Waals surface area contributed by atoms with Crippen molar-refractivity contribution in [3.05, 3.63) is 52.7 Å². The van der Waals surface area contributed by atoms with E-state index in [1.807, 2.05) is 24.3 Å². The lowest BCUT2D eigenvalue weighted by Crippen LogP contribution is -2.23. The zero-order chi connectivity index (χ0) is 15.2. The minimum absolute atomic E-state index is 0.260. The van der Waals surface area contributed by atoms with Gasteiger partial charge in [-0.25, -0.2) is 10.8 Å². The number of amides is 1. The SMILES string of the molecule is COc1ccc(CNC(=O)c2cnc(NN)c(Cl)c2)cc1. The summed E-state index contributed by atoms with van der Waals surface area (Å²) in [6, 6.07) is 8.94. The lowest BCUT2D eigenvalue weighted by molar-refractivity contribution is 0.0950. The molecular weight excluding hydrogens is 292 g/mol. The number of aromatic nitrogens is 1. The molecule has 0 aliphatic rings. The van der Waals surface area contributed by atoms with Crippen LogP contribution >= 0.6 is 11.6 Å². The van der Waals surface area contributed by atoms with Crippen LogP contribution in [-0.2, 0) is 6.54 Å². The van der Waals surface area contributed by atoms with Gasteiger partial charge in [0.15, 0.2) is 5.82 Å². The number of nitrogens with two attached hydrogens (primary N) is 1. The van der Waals surface area contributed by atoms with Crippen molar-refractivity contribution in [2.24, 2.45) is 5.84 Å². The summed E-state index contributed by atoms with van der Waals surface area (Å²) in [5.41, 5.74) is 3.67. The Morgan fingerprint density at radius 2 is 2.10 bits per heavy atom. The van der Waals surface area contributed by atoms with Crippen LogP contribution in [0.15, 0.2) is 36.5 Å². The molecule has 4 N–H and O–H groups in total. The number of hydrogen-bond donors (Lipinski definition) is 3. The van der Waals surface area contributed by atoms with Crippen molar-refractivity contribution in [1.82, 2.24) is 10.3 Å². The Hall–Kier alpha value is -2.31. The third-order valence-corrected chi connectivity index (χ3v) is 3.14. The average molecular weight is 307 g/mol. The van der Waals surface area contributed by atoms with Gasteiger partial charge in [-0.05, 0) is 23.8 Å². The number of anilines is 1. The molecule has 1 aromatic heterocycles. The first kappa shape index (κ1) is 15.1. The number of pyridine rings is 1. The number of hydrazine groups is 1. The molecule has 110 valence electrons. The Kier molecular flexibility index (Phi) is 4.97. The van der Waals surface area contributed by atoms with Crippen molar-refractivity contribution in [1.29, 1.82) is 0 Å². The smallest absolute Gasteiger partial charge is 0.253 e. The number of nitrogens with one attached hydrogen (secondary N) is 2. The highest BCUT2D eigenvalue weighted by atomic mass is 35.5. The van der Waals surface area contributed by atoms with E-state index in [1.165, 1.54) is 12.3 Å². The van der Waals surface area contributed by atoms with Crippen LogP contribution in [0.4, 0.5) is 5.82 Å². The van der Waals surface area contributed by atoms with E-state index < -0.39 is 0 Å². The Morgan fingerprint density at radius 3 is 2.67 bits per heavy atom. The first-order chi connectivity index (χ1) is 10.1.